The Kier molecular flexibility index (Phi) is 4.11. The van der Waals surface area contributed by atoms with Gasteiger partial charge in [-0.1, -0.05) is 18.5 Å². The molecule has 0 aromatic heterocycles. The first-order chi connectivity index (χ1) is 6.65. The second kappa shape index (κ2) is 5.13. The Morgan fingerprint density at radius 3 is 2.50 bits per heavy atom. The molecule has 0 heterocycles. The zero-order valence-electron chi connectivity index (χ0n) is 8.38. The van der Waals surface area contributed by atoms with E-state index in [2.05, 4.69) is 5.32 Å². The van der Waals surface area contributed by atoms with Crippen LogP contribution in [0.4, 0.5) is 0 Å². The largest absolute Gasteiger partial charge is 0.308 e. The first-order valence-electron chi connectivity index (χ1n) is 4.68. The van der Waals surface area contributed by atoms with Crippen LogP contribution in [-0.2, 0) is 0 Å². The molecule has 76 valence electrons. The number of benzene rings is 1. The van der Waals surface area contributed by atoms with Gasteiger partial charge in [0.2, 0.25) is 0 Å². The maximum Gasteiger partial charge on any atom is 0.179 e. The average molecular weight is 212 g/mol. The molecule has 14 heavy (non-hydrogen) atoms. The molecule has 1 N–H and O–H groups in total. The van der Waals surface area contributed by atoms with Crippen molar-refractivity contribution in [2.75, 3.05) is 6.54 Å². The van der Waals surface area contributed by atoms with Crippen molar-refractivity contribution in [3.05, 3.63) is 34.9 Å². The standard InChI is InChI=1S/C11H14ClNO/c1-3-13-8(2)11(14)9-4-6-10(12)7-5-9/h4-8,13H,3H2,1-2H3. The van der Waals surface area contributed by atoms with Crippen LogP contribution < -0.4 is 5.32 Å². The lowest BCUT2D eigenvalue weighted by molar-refractivity contribution is 0.0952. The molecule has 0 saturated heterocycles. The van der Waals surface area contributed by atoms with Gasteiger partial charge >= 0.3 is 0 Å². The predicted octanol–water partition coefficient (Wildman–Crippen LogP) is 2.52. The highest BCUT2D eigenvalue weighted by Crippen LogP contribution is 2.11. The molecule has 0 bridgehead atoms. The third kappa shape index (κ3) is 2.82. The summed E-state index contributed by atoms with van der Waals surface area (Å²) in [4.78, 5) is 11.7. The fraction of sp³-hybridized carbons (Fsp3) is 0.364. The van der Waals surface area contributed by atoms with Gasteiger partial charge in [-0.3, -0.25) is 4.79 Å². The highest BCUT2D eigenvalue weighted by molar-refractivity contribution is 6.30. The van der Waals surface area contributed by atoms with Gasteiger partial charge in [-0.15, -0.1) is 0 Å². The monoisotopic (exact) mass is 211 g/mol. The smallest absolute Gasteiger partial charge is 0.179 e. The maximum atomic E-state index is 11.7. The lowest BCUT2D eigenvalue weighted by Gasteiger charge is -2.10. The number of carbonyl (C=O) groups excluding carboxylic acids is 1. The van der Waals surface area contributed by atoms with Gasteiger partial charge in [0.15, 0.2) is 5.78 Å². The molecule has 0 radical (unpaired) electrons. The van der Waals surface area contributed by atoms with E-state index >= 15 is 0 Å². The molecule has 0 aliphatic rings. The molecule has 1 aromatic carbocycles. The molecule has 1 rings (SSSR count). The van der Waals surface area contributed by atoms with E-state index in [0.29, 0.717) is 10.6 Å². The van der Waals surface area contributed by atoms with Gasteiger partial charge in [0.1, 0.15) is 0 Å². The molecule has 0 spiro atoms. The van der Waals surface area contributed by atoms with Crippen molar-refractivity contribution in [1.29, 1.82) is 0 Å². The zero-order chi connectivity index (χ0) is 10.6. The Morgan fingerprint density at radius 1 is 1.43 bits per heavy atom. The van der Waals surface area contributed by atoms with Gasteiger partial charge < -0.3 is 5.32 Å². The fourth-order valence-corrected chi connectivity index (χ4v) is 1.39. The summed E-state index contributed by atoms with van der Waals surface area (Å²) in [5.74, 6) is 0.100. The van der Waals surface area contributed by atoms with Crippen molar-refractivity contribution >= 4 is 17.4 Å². The molecule has 0 aliphatic carbocycles. The van der Waals surface area contributed by atoms with Crippen LogP contribution >= 0.6 is 11.6 Å². The SMILES string of the molecule is CCNC(C)C(=O)c1ccc(Cl)cc1. The molecular formula is C11H14ClNO. The minimum atomic E-state index is -0.138. The van der Waals surface area contributed by atoms with Crippen molar-refractivity contribution in [2.24, 2.45) is 0 Å². The summed E-state index contributed by atoms with van der Waals surface area (Å²) in [6, 6.07) is 6.82. The molecule has 1 atom stereocenters. The van der Waals surface area contributed by atoms with Crippen LogP contribution in [0.5, 0.6) is 0 Å². The van der Waals surface area contributed by atoms with Crippen molar-refractivity contribution in [3.8, 4) is 0 Å². The molecule has 0 aliphatic heterocycles. The molecule has 0 amide bonds. The van der Waals surface area contributed by atoms with Gasteiger partial charge in [0.05, 0.1) is 6.04 Å². The number of hydrogen-bond donors (Lipinski definition) is 1. The van der Waals surface area contributed by atoms with E-state index in [1.54, 1.807) is 24.3 Å². The van der Waals surface area contributed by atoms with E-state index in [0.717, 1.165) is 6.54 Å². The number of halogens is 1. The number of Topliss-reactive ketones (excluding diaryl/α,β-unsaturated/α-hetero) is 1. The van der Waals surface area contributed by atoms with Crippen molar-refractivity contribution in [1.82, 2.24) is 5.32 Å². The van der Waals surface area contributed by atoms with E-state index in [1.807, 2.05) is 13.8 Å². The summed E-state index contributed by atoms with van der Waals surface area (Å²) < 4.78 is 0. The Labute approximate surface area is 89.3 Å². The molecule has 1 aromatic rings. The Bertz CT molecular complexity index is 308. The quantitative estimate of drug-likeness (QED) is 0.776. The van der Waals surface area contributed by atoms with Crippen molar-refractivity contribution in [3.63, 3.8) is 0 Å². The topological polar surface area (TPSA) is 29.1 Å². The average Bonchev–Trinajstić information content (AvgIpc) is 2.18. The second-order valence-electron chi connectivity index (χ2n) is 3.15. The summed E-state index contributed by atoms with van der Waals surface area (Å²) in [5, 5.41) is 3.73. The minimum absolute atomic E-state index is 0.100. The number of nitrogens with one attached hydrogen (secondary N) is 1. The van der Waals surface area contributed by atoms with Gasteiger partial charge in [0, 0.05) is 10.6 Å². The minimum Gasteiger partial charge on any atom is -0.308 e. The lowest BCUT2D eigenvalue weighted by atomic mass is 10.1. The predicted molar refractivity (Wildman–Crippen MR) is 58.9 cm³/mol. The van der Waals surface area contributed by atoms with Gasteiger partial charge in [-0.2, -0.15) is 0 Å². The Balaban J connectivity index is 2.74. The van der Waals surface area contributed by atoms with Crippen LogP contribution in [0.1, 0.15) is 24.2 Å². The van der Waals surface area contributed by atoms with E-state index in [4.69, 9.17) is 11.6 Å². The molecule has 3 heteroatoms. The Hall–Kier alpha value is -0.860. The molecule has 1 unspecified atom stereocenters. The maximum absolute atomic E-state index is 11.7. The fourth-order valence-electron chi connectivity index (χ4n) is 1.26. The zero-order valence-corrected chi connectivity index (χ0v) is 9.14. The molecule has 0 saturated carbocycles. The summed E-state index contributed by atoms with van der Waals surface area (Å²) >= 11 is 5.73. The van der Waals surface area contributed by atoms with E-state index < -0.39 is 0 Å². The lowest BCUT2D eigenvalue weighted by Crippen LogP contribution is -2.33. The summed E-state index contributed by atoms with van der Waals surface area (Å²) in [6.45, 7) is 4.63. The highest BCUT2D eigenvalue weighted by Gasteiger charge is 2.12. The highest BCUT2D eigenvalue weighted by atomic mass is 35.5. The number of rotatable bonds is 4. The summed E-state index contributed by atoms with van der Waals surface area (Å²) in [6.07, 6.45) is 0. The van der Waals surface area contributed by atoms with Crippen LogP contribution in [-0.4, -0.2) is 18.4 Å². The number of ketones is 1. The van der Waals surface area contributed by atoms with Gasteiger partial charge in [-0.05, 0) is 37.7 Å². The van der Waals surface area contributed by atoms with Crippen LogP contribution in [0.2, 0.25) is 5.02 Å². The number of hydrogen-bond acceptors (Lipinski definition) is 2. The van der Waals surface area contributed by atoms with Crippen LogP contribution in [0.3, 0.4) is 0 Å². The molecule has 0 fully saturated rings. The van der Waals surface area contributed by atoms with Crippen LogP contribution in [0.15, 0.2) is 24.3 Å². The number of likely N-dealkylation sites (N-methyl/N-ethyl adjacent to an activating group) is 1. The van der Waals surface area contributed by atoms with E-state index in [9.17, 15) is 4.79 Å². The third-order valence-electron chi connectivity index (χ3n) is 2.03. The van der Waals surface area contributed by atoms with E-state index in [1.165, 1.54) is 0 Å². The van der Waals surface area contributed by atoms with Crippen molar-refractivity contribution < 1.29 is 4.79 Å². The van der Waals surface area contributed by atoms with E-state index in [-0.39, 0.29) is 11.8 Å². The summed E-state index contributed by atoms with van der Waals surface area (Å²) in [7, 11) is 0. The molecule has 2 nitrogen and oxygen atoms in total. The first-order valence-corrected chi connectivity index (χ1v) is 5.06. The summed E-state index contributed by atoms with van der Waals surface area (Å²) in [5.41, 5.74) is 0.697. The normalized spacial score (nSPS) is 12.5. The van der Waals surface area contributed by atoms with Crippen LogP contribution in [0, 0.1) is 0 Å². The van der Waals surface area contributed by atoms with Crippen molar-refractivity contribution in [2.45, 2.75) is 19.9 Å². The van der Waals surface area contributed by atoms with Crippen LogP contribution in [0.25, 0.3) is 0 Å². The second-order valence-corrected chi connectivity index (χ2v) is 3.59. The number of carbonyl (C=O) groups is 1. The Morgan fingerprint density at radius 2 is 2.00 bits per heavy atom. The third-order valence-corrected chi connectivity index (χ3v) is 2.28. The van der Waals surface area contributed by atoms with Gasteiger partial charge in [-0.25, -0.2) is 0 Å². The van der Waals surface area contributed by atoms with Gasteiger partial charge in [0.25, 0.3) is 0 Å². The molecular weight excluding hydrogens is 198 g/mol. The first kappa shape index (κ1) is 11.2.